The normalized spacial score (nSPS) is 11.3. The summed E-state index contributed by atoms with van der Waals surface area (Å²) in [7, 11) is -4.37. The van der Waals surface area contributed by atoms with Crippen molar-refractivity contribution in [3.05, 3.63) is 33.9 Å². The Balaban J connectivity index is 3.50. The number of benzene rings is 1. The lowest BCUT2D eigenvalue weighted by atomic mass is 10.3. The molecule has 0 aliphatic carbocycles. The van der Waals surface area contributed by atoms with Crippen molar-refractivity contribution in [1.29, 1.82) is 0 Å². The second-order valence-corrected chi connectivity index (χ2v) is 5.53. The maximum Gasteiger partial charge on any atom is 0.306 e. The van der Waals surface area contributed by atoms with Crippen LogP contribution in [0.15, 0.2) is 17.0 Å². The van der Waals surface area contributed by atoms with Crippen molar-refractivity contribution >= 4 is 15.7 Å². The van der Waals surface area contributed by atoms with Gasteiger partial charge < -0.3 is 0 Å². The van der Waals surface area contributed by atoms with Crippen LogP contribution >= 0.6 is 0 Å². The minimum absolute atomic E-state index is 0.0584. The lowest BCUT2D eigenvalue weighted by molar-refractivity contribution is -0.387. The van der Waals surface area contributed by atoms with Gasteiger partial charge in [0.2, 0.25) is 15.8 Å². The van der Waals surface area contributed by atoms with E-state index in [0.717, 1.165) is 4.31 Å². The van der Waals surface area contributed by atoms with Gasteiger partial charge in [-0.15, -0.1) is 6.42 Å². The van der Waals surface area contributed by atoms with Crippen molar-refractivity contribution in [2.45, 2.75) is 11.8 Å². The first-order valence-electron chi connectivity index (χ1n) is 5.32. The summed E-state index contributed by atoms with van der Waals surface area (Å²) >= 11 is 0. The molecule has 0 amide bonds. The van der Waals surface area contributed by atoms with Crippen LogP contribution in [0.2, 0.25) is 0 Å². The Bertz CT molecular complexity index is 682. The number of hydrogen-bond donors (Lipinski definition) is 0. The van der Waals surface area contributed by atoms with E-state index >= 15 is 0 Å². The van der Waals surface area contributed by atoms with Gasteiger partial charge in [-0.2, -0.15) is 8.70 Å². The molecule has 0 N–H and O–H groups in total. The molecule has 6 nitrogen and oxygen atoms in total. The Morgan fingerprint density at radius 3 is 2.45 bits per heavy atom. The Labute approximate surface area is 114 Å². The largest absolute Gasteiger partial charge is 0.306 e. The van der Waals surface area contributed by atoms with Gasteiger partial charge in [-0.3, -0.25) is 10.1 Å². The first-order valence-corrected chi connectivity index (χ1v) is 6.76. The highest BCUT2D eigenvalue weighted by Crippen LogP contribution is 2.26. The van der Waals surface area contributed by atoms with Gasteiger partial charge in [0.15, 0.2) is 0 Å². The zero-order chi connectivity index (χ0) is 15.5. The van der Waals surface area contributed by atoms with Crippen molar-refractivity contribution in [2.24, 2.45) is 0 Å². The molecular weight excluding hydrogens is 294 g/mol. The van der Waals surface area contributed by atoms with E-state index in [4.69, 9.17) is 6.42 Å². The second kappa shape index (κ2) is 5.94. The Kier molecular flexibility index (Phi) is 4.75. The number of nitro benzene ring substituents is 1. The summed E-state index contributed by atoms with van der Waals surface area (Å²) in [6.45, 7) is 1.07. The third kappa shape index (κ3) is 2.92. The van der Waals surface area contributed by atoms with E-state index in [1.807, 2.05) is 0 Å². The summed E-state index contributed by atoms with van der Waals surface area (Å²) < 4.78 is 51.7. The molecule has 108 valence electrons. The Hall–Kier alpha value is -2.05. The van der Waals surface area contributed by atoms with Crippen LogP contribution < -0.4 is 0 Å². The molecule has 1 aromatic carbocycles. The summed E-state index contributed by atoms with van der Waals surface area (Å²) in [4.78, 5) is 8.46. The van der Waals surface area contributed by atoms with Gasteiger partial charge in [0.05, 0.1) is 11.5 Å². The summed E-state index contributed by atoms with van der Waals surface area (Å²) in [5, 5.41) is 10.6. The molecule has 0 spiro atoms. The van der Waals surface area contributed by atoms with Crippen LogP contribution in [0, 0.1) is 34.1 Å². The number of nitrogens with zero attached hydrogens (tertiary/aromatic N) is 2. The Morgan fingerprint density at radius 2 is 2.00 bits per heavy atom. The van der Waals surface area contributed by atoms with Crippen LogP contribution in [-0.4, -0.2) is 30.7 Å². The lowest BCUT2D eigenvalue weighted by Crippen LogP contribution is -2.32. The number of sulfonamides is 1. The summed E-state index contributed by atoms with van der Waals surface area (Å²) in [6.07, 6.45) is 5.00. The van der Waals surface area contributed by atoms with Crippen molar-refractivity contribution in [2.75, 3.05) is 13.1 Å². The number of terminal acetylenes is 1. The van der Waals surface area contributed by atoms with E-state index in [1.165, 1.54) is 6.92 Å². The van der Waals surface area contributed by atoms with Gasteiger partial charge in [-0.05, 0) is 0 Å². The molecular formula is C11H10F2N2O4S. The second-order valence-electron chi connectivity index (χ2n) is 3.63. The zero-order valence-corrected chi connectivity index (χ0v) is 11.2. The van der Waals surface area contributed by atoms with Crippen LogP contribution in [0.25, 0.3) is 0 Å². The van der Waals surface area contributed by atoms with E-state index in [-0.39, 0.29) is 19.2 Å². The standard InChI is InChI=1S/C11H10F2N2O4S/c1-3-5-14(4-2)20(18,19)11-7-10(15(16)17)8(12)6-9(11)13/h1,6-7H,4-5H2,2H3. The van der Waals surface area contributed by atoms with E-state index in [2.05, 4.69) is 5.92 Å². The molecule has 0 atom stereocenters. The molecule has 0 saturated carbocycles. The fraction of sp³-hybridized carbons (Fsp3) is 0.273. The third-order valence-electron chi connectivity index (χ3n) is 2.44. The molecule has 20 heavy (non-hydrogen) atoms. The maximum absolute atomic E-state index is 13.6. The van der Waals surface area contributed by atoms with Crippen LogP contribution in [-0.2, 0) is 10.0 Å². The maximum atomic E-state index is 13.6. The fourth-order valence-corrected chi connectivity index (χ4v) is 2.89. The van der Waals surface area contributed by atoms with E-state index in [0.29, 0.717) is 6.07 Å². The fourth-order valence-electron chi connectivity index (χ4n) is 1.46. The van der Waals surface area contributed by atoms with Gasteiger partial charge in [0.25, 0.3) is 0 Å². The molecule has 0 aliphatic heterocycles. The predicted octanol–water partition coefficient (Wildman–Crippen LogP) is 1.52. The van der Waals surface area contributed by atoms with Crippen molar-refractivity contribution in [1.82, 2.24) is 4.31 Å². The quantitative estimate of drug-likeness (QED) is 0.469. The molecule has 9 heteroatoms. The molecule has 0 aliphatic rings. The SMILES string of the molecule is C#CCN(CC)S(=O)(=O)c1cc([N+](=O)[O-])c(F)cc1F. The summed E-state index contributed by atoms with van der Waals surface area (Å²) in [6, 6.07) is 0.508. The van der Waals surface area contributed by atoms with Gasteiger partial charge in [0, 0.05) is 18.7 Å². The molecule has 0 fully saturated rings. The summed E-state index contributed by atoms with van der Waals surface area (Å²) in [5.74, 6) is -0.787. The number of halogens is 2. The monoisotopic (exact) mass is 304 g/mol. The van der Waals surface area contributed by atoms with Crippen LogP contribution in [0.5, 0.6) is 0 Å². The first kappa shape index (κ1) is 16.0. The molecule has 1 rings (SSSR count). The minimum Gasteiger partial charge on any atom is -0.258 e. The number of hydrogen-bond acceptors (Lipinski definition) is 4. The highest BCUT2D eigenvalue weighted by Gasteiger charge is 2.30. The topological polar surface area (TPSA) is 80.5 Å². The van der Waals surface area contributed by atoms with Crippen molar-refractivity contribution in [3.63, 3.8) is 0 Å². The third-order valence-corrected chi connectivity index (χ3v) is 4.37. The van der Waals surface area contributed by atoms with E-state index in [1.54, 1.807) is 0 Å². The van der Waals surface area contributed by atoms with Crippen molar-refractivity contribution < 1.29 is 22.1 Å². The Morgan fingerprint density at radius 1 is 1.40 bits per heavy atom. The lowest BCUT2D eigenvalue weighted by Gasteiger charge is -2.18. The minimum atomic E-state index is -4.37. The first-order chi connectivity index (χ1) is 9.25. The van der Waals surface area contributed by atoms with Crippen LogP contribution in [0.4, 0.5) is 14.5 Å². The smallest absolute Gasteiger partial charge is 0.258 e. The van der Waals surface area contributed by atoms with E-state index in [9.17, 15) is 27.3 Å². The van der Waals surface area contributed by atoms with Crippen LogP contribution in [0.1, 0.15) is 6.92 Å². The van der Waals surface area contributed by atoms with Crippen molar-refractivity contribution in [3.8, 4) is 12.3 Å². The van der Waals surface area contributed by atoms with Gasteiger partial charge >= 0.3 is 5.69 Å². The molecule has 0 radical (unpaired) electrons. The number of rotatable bonds is 5. The molecule has 0 aromatic heterocycles. The molecule has 0 saturated heterocycles. The van der Waals surface area contributed by atoms with Gasteiger partial charge in [0.1, 0.15) is 10.7 Å². The zero-order valence-electron chi connectivity index (χ0n) is 10.3. The highest BCUT2D eigenvalue weighted by molar-refractivity contribution is 7.89. The average Bonchev–Trinajstić information content (AvgIpc) is 2.34. The highest BCUT2D eigenvalue weighted by atomic mass is 32.2. The predicted molar refractivity (Wildman–Crippen MR) is 66.3 cm³/mol. The summed E-state index contributed by atoms with van der Waals surface area (Å²) in [5.41, 5.74) is -1.12. The van der Waals surface area contributed by atoms with E-state index < -0.39 is 37.2 Å². The molecule has 1 aromatic rings. The van der Waals surface area contributed by atoms with Gasteiger partial charge in [-0.25, -0.2) is 12.8 Å². The van der Waals surface area contributed by atoms with Gasteiger partial charge in [-0.1, -0.05) is 12.8 Å². The molecule has 0 bridgehead atoms. The number of nitro groups is 1. The average molecular weight is 304 g/mol. The molecule has 0 heterocycles. The van der Waals surface area contributed by atoms with Crippen LogP contribution in [0.3, 0.4) is 0 Å². The molecule has 0 unspecified atom stereocenters.